The molecule has 1 amide bonds. The van der Waals surface area contributed by atoms with E-state index in [0.29, 0.717) is 38.1 Å². The van der Waals surface area contributed by atoms with Gasteiger partial charge in [0.05, 0.1) is 12.5 Å². The molecule has 1 fully saturated rings. The molecule has 0 N–H and O–H groups in total. The number of benzene rings is 2. The van der Waals surface area contributed by atoms with E-state index in [1.165, 1.54) is 6.07 Å². The average molecular weight is 383 g/mol. The van der Waals surface area contributed by atoms with Gasteiger partial charge >= 0.3 is 5.97 Å². The molecule has 28 heavy (non-hydrogen) atoms. The quantitative estimate of drug-likeness (QED) is 0.704. The number of hydrogen-bond donors (Lipinski definition) is 0. The van der Waals surface area contributed by atoms with Gasteiger partial charge in [0, 0.05) is 25.4 Å². The van der Waals surface area contributed by atoms with Crippen LogP contribution in [0, 0.1) is 11.7 Å². The van der Waals surface area contributed by atoms with E-state index in [2.05, 4.69) is 0 Å². The molecule has 0 saturated carbocycles. The topological polar surface area (TPSA) is 46.6 Å². The van der Waals surface area contributed by atoms with Crippen LogP contribution < -0.4 is 0 Å². The fourth-order valence-corrected chi connectivity index (χ4v) is 3.78. The first kappa shape index (κ1) is 20.1. The predicted octanol–water partition coefficient (Wildman–Crippen LogP) is 4.15. The molecule has 0 aliphatic carbocycles. The molecular weight excluding hydrogens is 357 g/mol. The molecule has 2 aromatic rings. The van der Waals surface area contributed by atoms with Crippen LogP contribution >= 0.6 is 0 Å². The summed E-state index contributed by atoms with van der Waals surface area (Å²) in [6, 6.07) is 16.2. The van der Waals surface area contributed by atoms with Crippen LogP contribution in [0.3, 0.4) is 0 Å². The van der Waals surface area contributed by atoms with Crippen molar-refractivity contribution < 1.29 is 18.7 Å². The Bertz CT molecular complexity index is 801. The van der Waals surface area contributed by atoms with Crippen molar-refractivity contribution in [3.8, 4) is 0 Å². The molecule has 1 atom stereocenters. The van der Waals surface area contributed by atoms with E-state index in [0.717, 1.165) is 5.56 Å². The number of likely N-dealkylation sites (tertiary alicyclic amines) is 1. The highest BCUT2D eigenvalue weighted by Gasteiger charge is 2.30. The second-order valence-electron chi connectivity index (χ2n) is 7.10. The maximum atomic E-state index is 14.5. The van der Waals surface area contributed by atoms with Crippen molar-refractivity contribution >= 4 is 11.9 Å². The first-order valence-corrected chi connectivity index (χ1v) is 9.84. The number of esters is 1. The third-order valence-corrected chi connectivity index (χ3v) is 5.33. The van der Waals surface area contributed by atoms with E-state index < -0.39 is 0 Å². The summed E-state index contributed by atoms with van der Waals surface area (Å²) >= 11 is 0. The Balaban J connectivity index is 1.71. The smallest absolute Gasteiger partial charge is 0.309 e. The Morgan fingerprint density at radius 1 is 1.07 bits per heavy atom. The molecule has 2 aromatic carbocycles. The van der Waals surface area contributed by atoms with E-state index in [1.807, 2.05) is 30.3 Å². The van der Waals surface area contributed by atoms with Crippen molar-refractivity contribution in [2.75, 3.05) is 19.7 Å². The number of ether oxygens (including phenoxy) is 1. The van der Waals surface area contributed by atoms with Gasteiger partial charge in [-0.05, 0) is 37.0 Å². The van der Waals surface area contributed by atoms with E-state index in [-0.39, 0.29) is 36.0 Å². The average Bonchev–Trinajstić information content (AvgIpc) is 2.73. The predicted molar refractivity (Wildman–Crippen MR) is 105 cm³/mol. The molecule has 1 saturated heterocycles. The summed E-state index contributed by atoms with van der Waals surface area (Å²) in [5.74, 6) is -0.967. The third-order valence-electron chi connectivity index (χ3n) is 5.33. The molecule has 3 rings (SSSR count). The van der Waals surface area contributed by atoms with Crippen LogP contribution in [0.15, 0.2) is 54.6 Å². The van der Waals surface area contributed by atoms with Crippen LogP contribution in [0.2, 0.25) is 0 Å². The molecule has 5 heteroatoms. The molecule has 0 spiro atoms. The molecule has 0 aromatic heterocycles. The number of rotatable bonds is 6. The first-order valence-electron chi connectivity index (χ1n) is 9.84. The van der Waals surface area contributed by atoms with Crippen LogP contribution in [-0.4, -0.2) is 36.5 Å². The minimum Gasteiger partial charge on any atom is -0.466 e. The van der Waals surface area contributed by atoms with Gasteiger partial charge in [-0.3, -0.25) is 9.59 Å². The van der Waals surface area contributed by atoms with E-state index in [9.17, 15) is 14.0 Å². The van der Waals surface area contributed by atoms with E-state index >= 15 is 0 Å². The Labute approximate surface area is 165 Å². The molecule has 4 nitrogen and oxygen atoms in total. The number of carbonyl (C=O) groups is 2. The van der Waals surface area contributed by atoms with Crippen LogP contribution in [0.5, 0.6) is 0 Å². The summed E-state index contributed by atoms with van der Waals surface area (Å²) in [5.41, 5.74) is 1.45. The minimum atomic E-state index is -0.335. The Kier molecular flexibility index (Phi) is 6.80. The lowest BCUT2D eigenvalue weighted by Gasteiger charge is -2.32. The Morgan fingerprint density at radius 2 is 1.71 bits per heavy atom. The number of piperidine rings is 1. The third kappa shape index (κ3) is 4.77. The van der Waals surface area contributed by atoms with Crippen molar-refractivity contribution in [3.05, 3.63) is 71.5 Å². The summed E-state index contributed by atoms with van der Waals surface area (Å²) in [7, 11) is 0. The summed E-state index contributed by atoms with van der Waals surface area (Å²) in [6.07, 6.45) is 1.43. The van der Waals surface area contributed by atoms with Gasteiger partial charge < -0.3 is 9.64 Å². The zero-order valence-corrected chi connectivity index (χ0v) is 16.1. The fraction of sp³-hybridized carbons (Fsp3) is 0.391. The molecule has 148 valence electrons. The lowest BCUT2D eigenvalue weighted by molar-refractivity contribution is -0.151. The number of carbonyl (C=O) groups excluding carboxylic acids is 2. The van der Waals surface area contributed by atoms with Gasteiger partial charge in [-0.1, -0.05) is 48.5 Å². The SMILES string of the molecule is CCOC(=O)C1CCN(C(=O)CC(c2ccccc2)c2ccccc2F)CC1. The van der Waals surface area contributed by atoms with Crippen molar-refractivity contribution in [1.82, 2.24) is 4.90 Å². The maximum Gasteiger partial charge on any atom is 0.309 e. The number of halogens is 1. The van der Waals surface area contributed by atoms with Gasteiger partial charge in [-0.15, -0.1) is 0 Å². The van der Waals surface area contributed by atoms with Crippen molar-refractivity contribution in [3.63, 3.8) is 0 Å². The molecule has 0 bridgehead atoms. The largest absolute Gasteiger partial charge is 0.466 e. The van der Waals surface area contributed by atoms with Gasteiger partial charge in [0.2, 0.25) is 5.91 Å². The van der Waals surface area contributed by atoms with Gasteiger partial charge in [-0.2, -0.15) is 0 Å². The summed E-state index contributed by atoms with van der Waals surface area (Å²) < 4.78 is 19.5. The number of nitrogens with zero attached hydrogens (tertiary/aromatic N) is 1. The molecule has 1 aliphatic rings. The zero-order valence-electron chi connectivity index (χ0n) is 16.1. The first-order chi connectivity index (χ1) is 13.6. The van der Waals surface area contributed by atoms with Crippen LogP contribution in [0.1, 0.15) is 43.2 Å². The van der Waals surface area contributed by atoms with Crippen LogP contribution in [-0.2, 0) is 14.3 Å². The molecule has 1 aliphatic heterocycles. The summed E-state index contributed by atoms with van der Waals surface area (Å²) in [5, 5.41) is 0. The maximum absolute atomic E-state index is 14.5. The molecule has 1 unspecified atom stereocenters. The Morgan fingerprint density at radius 3 is 2.36 bits per heavy atom. The second kappa shape index (κ2) is 9.49. The highest BCUT2D eigenvalue weighted by Crippen LogP contribution is 2.31. The van der Waals surface area contributed by atoms with Crippen LogP contribution in [0.4, 0.5) is 4.39 Å². The summed E-state index contributed by atoms with van der Waals surface area (Å²) in [6.45, 7) is 3.23. The van der Waals surface area contributed by atoms with Crippen molar-refractivity contribution in [1.29, 1.82) is 0 Å². The summed E-state index contributed by atoms with van der Waals surface area (Å²) in [4.78, 5) is 26.6. The normalized spacial score (nSPS) is 15.9. The number of hydrogen-bond acceptors (Lipinski definition) is 3. The fourth-order valence-electron chi connectivity index (χ4n) is 3.78. The van der Waals surface area contributed by atoms with E-state index in [4.69, 9.17) is 4.74 Å². The van der Waals surface area contributed by atoms with Gasteiger partial charge in [-0.25, -0.2) is 4.39 Å². The monoisotopic (exact) mass is 383 g/mol. The standard InChI is InChI=1S/C23H26FNO3/c1-2-28-23(27)18-12-14-25(15-13-18)22(26)16-20(17-8-4-3-5-9-17)19-10-6-7-11-21(19)24/h3-11,18,20H,2,12-16H2,1H3. The van der Waals surface area contributed by atoms with Crippen molar-refractivity contribution in [2.24, 2.45) is 5.92 Å². The lowest BCUT2D eigenvalue weighted by Crippen LogP contribution is -2.41. The van der Waals surface area contributed by atoms with Gasteiger partial charge in [0.1, 0.15) is 5.82 Å². The van der Waals surface area contributed by atoms with E-state index in [1.54, 1.807) is 30.0 Å². The minimum absolute atomic E-state index is 0.0144. The second-order valence-corrected chi connectivity index (χ2v) is 7.10. The lowest BCUT2D eigenvalue weighted by atomic mass is 9.87. The molecule has 0 radical (unpaired) electrons. The molecular formula is C23H26FNO3. The van der Waals surface area contributed by atoms with Crippen LogP contribution in [0.25, 0.3) is 0 Å². The number of amides is 1. The van der Waals surface area contributed by atoms with Gasteiger partial charge in [0.25, 0.3) is 0 Å². The Hall–Kier alpha value is -2.69. The van der Waals surface area contributed by atoms with Gasteiger partial charge in [0.15, 0.2) is 0 Å². The van der Waals surface area contributed by atoms with Crippen molar-refractivity contribution in [2.45, 2.75) is 32.1 Å². The zero-order chi connectivity index (χ0) is 19.9. The molecule has 1 heterocycles. The highest BCUT2D eigenvalue weighted by molar-refractivity contribution is 5.78. The highest BCUT2D eigenvalue weighted by atomic mass is 19.1.